The molecule has 8 heteroatoms. The van der Waals surface area contributed by atoms with Gasteiger partial charge in [-0.15, -0.1) is 6.42 Å². The number of benzene rings is 1. The molecule has 1 aromatic carbocycles. The summed E-state index contributed by atoms with van der Waals surface area (Å²) in [6, 6.07) is 2.39. The number of rotatable bonds is 5. The molecule has 1 saturated heterocycles. The van der Waals surface area contributed by atoms with Crippen molar-refractivity contribution in [1.29, 1.82) is 0 Å². The number of carbonyl (C=O) groups excluding carboxylic acids is 3. The van der Waals surface area contributed by atoms with E-state index in [1.165, 1.54) is 6.08 Å². The van der Waals surface area contributed by atoms with Crippen LogP contribution in [0.1, 0.15) is 12.5 Å². The number of imide groups is 2. The van der Waals surface area contributed by atoms with Crippen LogP contribution in [0.25, 0.3) is 6.08 Å². The third-order valence-electron chi connectivity index (χ3n) is 2.89. The second kappa shape index (κ2) is 7.66. The molecule has 0 aliphatic carbocycles. The highest BCUT2D eigenvalue weighted by molar-refractivity contribution is 9.10. The van der Waals surface area contributed by atoms with E-state index < -0.39 is 17.8 Å². The van der Waals surface area contributed by atoms with Crippen LogP contribution in [0.4, 0.5) is 4.79 Å². The third kappa shape index (κ3) is 3.94. The molecule has 4 amide bonds. The van der Waals surface area contributed by atoms with E-state index in [4.69, 9.17) is 15.9 Å². The average molecular weight is 393 g/mol. The SMILES string of the molecule is C#CCOc1c(Br)cc(C=C2C(=O)NC(=O)NC2=O)cc1OCC. The first-order valence-electron chi connectivity index (χ1n) is 6.87. The number of terminal acetylenes is 1. The van der Waals surface area contributed by atoms with Gasteiger partial charge >= 0.3 is 6.03 Å². The normalized spacial score (nSPS) is 13.7. The third-order valence-corrected chi connectivity index (χ3v) is 3.47. The quantitative estimate of drug-likeness (QED) is 0.451. The fourth-order valence-corrected chi connectivity index (χ4v) is 2.54. The minimum absolute atomic E-state index is 0.0615. The first kappa shape index (κ1) is 17.6. The monoisotopic (exact) mass is 392 g/mol. The lowest BCUT2D eigenvalue weighted by Gasteiger charge is -2.15. The van der Waals surface area contributed by atoms with Crippen molar-refractivity contribution in [2.75, 3.05) is 13.2 Å². The lowest BCUT2D eigenvalue weighted by molar-refractivity contribution is -0.123. The predicted molar refractivity (Wildman–Crippen MR) is 89.3 cm³/mol. The van der Waals surface area contributed by atoms with Gasteiger partial charge in [0.1, 0.15) is 12.2 Å². The molecule has 2 N–H and O–H groups in total. The Morgan fingerprint density at radius 3 is 2.46 bits per heavy atom. The number of carbonyl (C=O) groups is 3. The van der Waals surface area contributed by atoms with Crippen molar-refractivity contribution < 1.29 is 23.9 Å². The first-order chi connectivity index (χ1) is 11.5. The summed E-state index contributed by atoms with van der Waals surface area (Å²) >= 11 is 3.34. The number of hydrogen-bond acceptors (Lipinski definition) is 5. The Morgan fingerprint density at radius 2 is 1.88 bits per heavy atom. The van der Waals surface area contributed by atoms with E-state index in [1.807, 2.05) is 10.6 Å². The maximum absolute atomic E-state index is 11.8. The van der Waals surface area contributed by atoms with E-state index >= 15 is 0 Å². The maximum atomic E-state index is 11.8. The molecule has 24 heavy (non-hydrogen) atoms. The van der Waals surface area contributed by atoms with Gasteiger partial charge < -0.3 is 9.47 Å². The summed E-state index contributed by atoms with van der Waals surface area (Å²) in [6.07, 6.45) is 6.53. The Bertz CT molecular complexity index is 757. The number of hydrogen-bond donors (Lipinski definition) is 2. The Balaban J connectivity index is 2.42. The lowest BCUT2D eigenvalue weighted by atomic mass is 10.1. The van der Waals surface area contributed by atoms with Crippen LogP contribution in [0.3, 0.4) is 0 Å². The van der Waals surface area contributed by atoms with E-state index in [0.717, 1.165) is 0 Å². The molecular formula is C16H13BrN2O5. The lowest BCUT2D eigenvalue weighted by Crippen LogP contribution is -2.51. The Labute approximate surface area is 146 Å². The van der Waals surface area contributed by atoms with Crippen LogP contribution in [0.5, 0.6) is 11.5 Å². The van der Waals surface area contributed by atoms with E-state index in [1.54, 1.807) is 19.1 Å². The van der Waals surface area contributed by atoms with Crippen molar-refractivity contribution in [2.45, 2.75) is 6.92 Å². The molecule has 0 unspecified atom stereocenters. The second-order valence-corrected chi connectivity index (χ2v) is 5.41. The molecule has 1 aromatic rings. The molecule has 0 spiro atoms. The molecule has 0 radical (unpaired) electrons. The van der Waals surface area contributed by atoms with E-state index in [-0.39, 0.29) is 12.2 Å². The highest BCUT2D eigenvalue weighted by Crippen LogP contribution is 2.37. The largest absolute Gasteiger partial charge is 0.490 e. The van der Waals surface area contributed by atoms with Crippen LogP contribution in [0.2, 0.25) is 0 Å². The van der Waals surface area contributed by atoms with Crippen molar-refractivity contribution in [3.63, 3.8) is 0 Å². The summed E-state index contributed by atoms with van der Waals surface area (Å²) < 4.78 is 11.5. The average Bonchev–Trinajstić information content (AvgIpc) is 2.50. The Hall–Kier alpha value is -2.79. The Morgan fingerprint density at radius 1 is 1.21 bits per heavy atom. The summed E-state index contributed by atoms with van der Waals surface area (Å²) in [5.41, 5.74) is 0.314. The van der Waals surface area contributed by atoms with E-state index in [2.05, 4.69) is 21.9 Å². The number of amides is 4. The van der Waals surface area contributed by atoms with Crippen LogP contribution in [-0.4, -0.2) is 31.1 Å². The topological polar surface area (TPSA) is 93.7 Å². The van der Waals surface area contributed by atoms with Gasteiger partial charge in [0.2, 0.25) is 0 Å². The summed E-state index contributed by atoms with van der Waals surface area (Å²) in [7, 11) is 0. The number of nitrogens with one attached hydrogen (secondary N) is 2. The molecule has 1 aliphatic rings. The van der Waals surface area contributed by atoms with Gasteiger partial charge in [0, 0.05) is 0 Å². The van der Waals surface area contributed by atoms with Crippen molar-refractivity contribution >= 4 is 39.9 Å². The van der Waals surface area contributed by atoms with Gasteiger partial charge in [-0.25, -0.2) is 4.79 Å². The van der Waals surface area contributed by atoms with Crippen LogP contribution in [0, 0.1) is 12.3 Å². The Kier molecular flexibility index (Phi) is 5.60. The van der Waals surface area contributed by atoms with Gasteiger partial charge in [-0.3, -0.25) is 20.2 Å². The highest BCUT2D eigenvalue weighted by Gasteiger charge is 2.27. The minimum Gasteiger partial charge on any atom is -0.490 e. The number of halogens is 1. The van der Waals surface area contributed by atoms with Crippen LogP contribution >= 0.6 is 15.9 Å². The van der Waals surface area contributed by atoms with Gasteiger partial charge in [0.05, 0.1) is 11.1 Å². The molecule has 1 fully saturated rings. The maximum Gasteiger partial charge on any atom is 0.328 e. The fourth-order valence-electron chi connectivity index (χ4n) is 1.96. The summed E-state index contributed by atoms with van der Waals surface area (Å²) in [5, 5.41) is 4.01. The van der Waals surface area contributed by atoms with E-state index in [9.17, 15) is 14.4 Å². The smallest absolute Gasteiger partial charge is 0.328 e. The summed E-state index contributed by atoms with van der Waals surface area (Å²) in [5.74, 6) is 1.64. The van der Waals surface area contributed by atoms with Crippen LogP contribution in [-0.2, 0) is 9.59 Å². The molecule has 124 valence electrons. The van der Waals surface area contributed by atoms with Gasteiger partial charge in [0.15, 0.2) is 11.5 Å². The molecular weight excluding hydrogens is 380 g/mol. The first-order valence-corrected chi connectivity index (χ1v) is 7.66. The zero-order valence-corrected chi connectivity index (χ0v) is 14.2. The highest BCUT2D eigenvalue weighted by atomic mass is 79.9. The molecule has 1 aliphatic heterocycles. The zero-order valence-electron chi connectivity index (χ0n) is 12.6. The van der Waals surface area contributed by atoms with Gasteiger partial charge in [0.25, 0.3) is 11.8 Å². The molecule has 7 nitrogen and oxygen atoms in total. The number of ether oxygens (including phenoxy) is 2. The molecule has 2 rings (SSSR count). The van der Waals surface area contributed by atoms with Crippen molar-refractivity contribution in [3.05, 3.63) is 27.7 Å². The molecule has 0 aromatic heterocycles. The second-order valence-electron chi connectivity index (χ2n) is 4.55. The minimum atomic E-state index is -0.851. The molecule has 0 atom stereocenters. The van der Waals surface area contributed by atoms with Crippen LogP contribution < -0.4 is 20.1 Å². The van der Waals surface area contributed by atoms with Gasteiger partial charge in [-0.05, 0) is 46.6 Å². The fraction of sp³-hybridized carbons (Fsp3) is 0.188. The predicted octanol–water partition coefficient (Wildman–Crippen LogP) is 1.61. The van der Waals surface area contributed by atoms with Crippen molar-refractivity contribution in [1.82, 2.24) is 10.6 Å². The number of urea groups is 1. The van der Waals surface area contributed by atoms with E-state index in [0.29, 0.717) is 28.1 Å². The van der Waals surface area contributed by atoms with Crippen molar-refractivity contribution in [3.8, 4) is 23.8 Å². The summed E-state index contributed by atoms with van der Waals surface area (Å²) in [6.45, 7) is 2.25. The standard InChI is InChI=1S/C16H13BrN2O5/c1-3-5-24-13-11(17)7-9(8-12(13)23-4-2)6-10-14(20)18-16(22)19-15(10)21/h1,6-8H,4-5H2,2H3,(H2,18,19,20,21,22). The van der Waals surface area contributed by atoms with Crippen LogP contribution in [0.15, 0.2) is 22.2 Å². The van der Waals surface area contributed by atoms with Crippen molar-refractivity contribution in [2.24, 2.45) is 0 Å². The molecule has 1 heterocycles. The zero-order chi connectivity index (χ0) is 17.7. The molecule has 0 bridgehead atoms. The molecule has 0 saturated carbocycles. The van der Waals surface area contributed by atoms with Gasteiger partial charge in [-0.2, -0.15) is 0 Å². The van der Waals surface area contributed by atoms with Gasteiger partial charge in [-0.1, -0.05) is 5.92 Å². The number of barbiturate groups is 1. The summed E-state index contributed by atoms with van der Waals surface area (Å²) in [4.78, 5) is 34.6.